The fourth-order valence-electron chi connectivity index (χ4n) is 2.61. The summed E-state index contributed by atoms with van der Waals surface area (Å²) in [5.41, 5.74) is 0. The molecular formula is C13H25N3O. The van der Waals surface area contributed by atoms with Crippen LogP contribution in [-0.4, -0.2) is 50.8 Å². The van der Waals surface area contributed by atoms with Crippen molar-refractivity contribution in [2.75, 3.05) is 33.9 Å². The molecule has 0 aliphatic heterocycles. The van der Waals surface area contributed by atoms with Crippen LogP contribution in [0.25, 0.3) is 0 Å². The predicted octanol–water partition coefficient (Wildman–Crippen LogP) is 1.38. The molecule has 0 aromatic carbocycles. The minimum absolute atomic E-state index is 0.621. The number of methoxy groups -OCH3 is 1. The monoisotopic (exact) mass is 239 g/mol. The fourth-order valence-corrected chi connectivity index (χ4v) is 2.61. The first-order valence-electron chi connectivity index (χ1n) is 6.59. The Morgan fingerprint density at radius 1 is 1.29 bits per heavy atom. The van der Waals surface area contributed by atoms with Crippen LogP contribution >= 0.6 is 0 Å². The molecule has 0 radical (unpaired) electrons. The van der Waals surface area contributed by atoms with E-state index in [4.69, 9.17) is 10.00 Å². The summed E-state index contributed by atoms with van der Waals surface area (Å²) >= 11 is 0. The predicted molar refractivity (Wildman–Crippen MR) is 68.8 cm³/mol. The van der Waals surface area contributed by atoms with Gasteiger partial charge in [0.25, 0.3) is 0 Å². The molecule has 0 atom stereocenters. The molecule has 1 saturated carbocycles. The normalized spacial score (nSPS) is 24.8. The Bertz CT molecular complexity index is 231. The molecule has 1 N–H and O–H groups in total. The van der Waals surface area contributed by atoms with Gasteiger partial charge in [0.2, 0.25) is 0 Å². The molecule has 1 fully saturated rings. The van der Waals surface area contributed by atoms with Gasteiger partial charge >= 0.3 is 0 Å². The van der Waals surface area contributed by atoms with Crippen LogP contribution in [0.3, 0.4) is 0 Å². The summed E-state index contributed by atoms with van der Waals surface area (Å²) in [6.07, 6.45) is 5.59. The zero-order valence-electron chi connectivity index (χ0n) is 11.1. The Kier molecular flexibility index (Phi) is 7.18. The third-order valence-electron chi connectivity index (χ3n) is 3.71. The first kappa shape index (κ1) is 14.4. The molecule has 0 bridgehead atoms. The molecule has 98 valence electrons. The molecular weight excluding hydrogens is 214 g/mol. The van der Waals surface area contributed by atoms with Crippen LogP contribution in [0.2, 0.25) is 0 Å². The van der Waals surface area contributed by atoms with Crippen molar-refractivity contribution in [3.63, 3.8) is 0 Å². The molecule has 0 amide bonds. The minimum Gasteiger partial charge on any atom is -0.383 e. The van der Waals surface area contributed by atoms with Gasteiger partial charge in [-0.15, -0.1) is 0 Å². The third kappa shape index (κ3) is 5.03. The second-order valence-corrected chi connectivity index (χ2v) is 4.73. The number of ether oxygens (including phenoxy) is 1. The molecule has 4 heteroatoms. The van der Waals surface area contributed by atoms with Gasteiger partial charge < -0.3 is 10.1 Å². The molecule has 4 nitrogen and oxygen atoms in total. The van der Waals surface area contributed by atoms with Crippen LogP contribution in [0.15, 0.2) is 0 Å². The maximum Gasteiger partial charge on any atom is 0.0635 e. The topological polar surface area (TPSA) is 48.3 Å². The van der Waals surface area contributed by atoms with E-state index in [0.29, 0.717) is 18.5 Å². The summed E-state index contributed by atoms with van der Waals surface area (Å²) < 4.78 is 5.15. The minimum atomic E-state index is 0.621. The lowest BCUT2D eigenvalue weighted by Gasteiger charge is -2.36. The van der Waals surface area contributed by atoms with Crippen LogP contribution in [0, 0.1) is 11.3 Å². The van der Waals surface area contributed by atoms with Crippen LogP contribution in [0.1, 0.15) is 32.1 Å². The Hall–Kier alpha value is -0.630. The zero-order valence-corrected chi connectivity index (χ0v) is 11.1. The number of hydrogen-bond donors (Lipinski definition) is 1. The van der Waals surface area contributed by atoms with Crippen molar-refractivity contribution in [3.05, 3.63) is 0 Å². The van der Waals surface area contributed by atoms with E-state index in [-0.39, 0.29) is 0 Å². The highest BCUT2D eigenvalue weighted by molar-refractivity contribution is 4.84. The zero-order chi connectivity index (χ0) is 12.5. The molecule has 0 aromatic rings. The SMILES string of the molecule is CNC1CCC(N(CCC#N)CCOC)CC1. The number of nitrogens with zero attached hydrogens (tertiary/aromatic N) is 2. The molecule has 1 rings (SSSR count). The van der Waals surface area contributed by atoms with Crippen molar-refractivity contribution in [2.45, 2.75) is 44.2 Å². The highest BCUT2D eigenvalue weighted by atomic mass is 16.5. The maximum atomic E-state index is 8.70. The van der Waals surface area contributed by atoms with Gasteiger partial charge in [0, 0.05) is 38.7 Å². The average Bonchev–Trinajstić information content (AvgIpc) is 2.39. The Balaban J connectivity index is 2.38. The lowest BCUT2D eigenvalue weighted by Crippen LogP contribution is -2.43. The number of rotatable bonds is 7. The molecule has 17 heavy (non-hydrogen) atoms. The number of nitrogens with one attached hydrogen (secondary N) is 1. The quantitative estimate of drug-likeness (QED) is 0.729. The van der Waals surface area contributed by atoms with Crippen LogP contribution in [0.5, 0.6) is 0 Å². The van der Waals surface area contributed by atoms with Crippen LogP contribution in [0.4, 0.5) is 0 Å². The summed E-state index contributed by atoms with van der Waals surface area (Å²) in [5.74, 6) is 0. The van der Waals surface area contributed by atoms with Crippen molar-refractivity contribution in [1.29, 1.82) is 5.26 Å². The average molecular weight is 239 g/mol. The highest BCUT2D eigenvalue weighted by Crippen LogP contribution is 2.23. The fraction of sp³-hybridized carbons (Fsp3) is 0.923. The largest absolute Gasteiger partial charge is 0.383 e. The maximum absolute atomic E-state index is 8.70. The van der Waals surface area contributed by atoms with E-state index in [1.54, 1.807) is 7.11 Å². The van der Waals surface area contributed by atoms with E-state index in [1.165, 1.54) is 25.7 Å². The summed E-state index contributed by atoms with van der Waals surface area (Å²) in [4.78, 5) is 2.43. The van der Waals surface area contributed by atoms with E-state index in [9.17, 15) is 0 Å². The molecule has 0 heterocycles. The Morgan fingerprint density at radius 2 is 2.00 bits per heavy atom. The van der Waals surface area contributed by atoms with Gasteiger partial charge in [-0.1, -0.05) is 0 Å². The third-order valence-corrected chi connectivity index (χ3v) is 3.71. The second kappa shape index (κ2) is 8.46. The smallest absolute Gasteiger partial charge is 0.0635 e. The van der Waals surface area contributed by atoms with Gasteiger partial charge in [0.05, 0.1) is 12.7 Å². The van der Waals surface area contributed by atoms with Gasteiger partial charge in [-0.05, 0) is 32.7 Å². The number of nitriles is 1. The second-order valence-electron chi connectivity index (χ2n) is 4.73. The molecule has 1 aliphatic carbocycles. The first-order valence-corrected chi connectivity index (χ1v) is 6.59. The number of hydrogen-bond acceptors (Lipinski definition) is 4. The van der Waals surface area contributed by atoms with Crippen molar-refractivity contribution in [3.8, 4) is 6.07 Å². The molecule has 0 unspecified atom stereocenters. The summed E-state index contributed by atoms with van der Waals surface area (Å²) in [5, 5.41) is 12.1. The lowest BCUT2D eigenvalue weighted by atomic mass is 9.90. The van der Waals surface area contributed by atoms with Crippen LogP contribution < -0.4 is 5.32 Å². The Morgan fingerprint density at radius 3 is 2.53 bits per heavy atom. The lowest BCUT2D eigenvalue weighted by molar-refractivity contribution is 0.0989. The van der Waals surface area contributed by atoms with Crippen molar-refractivity contribution >= 4 is 0 Å². The summed E-state index contributed by atoms with van der Waals surface area (Å²) in [6, 6.07) is 3.57. The van der Waals surface area contributed by atoms with Crippen molar-refractivity contribution in [1.82, 2.24) is 10.2 Å². The first-order chi connectivity index (χ1) is 8.31. The molecule has 1 aliphatic rings. The van der Waals surface area contributed by atoms with Gasteiger partial charge in [-0.2, -0.15) is 5.26 Å². The summed E-state index contributed by atoms with van der Waals surface area (Å²) in [7, 11) is 3.78. The molecule has 0 aromatic heterocycles. The van der Waals surface area contributed by atoms with Crippen molar-refractivity contribution < 1.29 is 4.74 Å². The summed E-state index contributed by atoms with van der Waals surface area (Å²) in [6.45, 7) is 2.60. The van der Waals surface area contributed by atoms with Gasteiger partial charge in [-0.25, -0.2) is 0 Å². The van der Waals surface area contributed by atoms with E-state index < -0.39 is 0 Å². The molecule has 0 saturated heterocycles. The van der Waals surface area contributed by atoms with E-state index >= 15 is 0 Å². The van der Waals surface area contributed by atoms with E-state index in [0.717, 1.165) is 19.7 Å². The van der Waals surface area contributed by atoms with Gasteiger partial charge in [0.1, 0.15) is 0 Å². The van der Waals surface area contributed by atoms with E-state index in [1.807, 2.05) is 7.05 Å². The van der Waals surface area contributed by atoms with Crippen LogP contribution in [-0.2, 0) is 4.74 Å². The highest BCUT2D eigenvalue weighted by Gasteiger charge is 2.24. The van der Waals surface area contributed by atoms with Gasteiger partial charge in [-0.3, -0.25) is 4.90 Å². The van der Waals surface area contributed by atoms with Gasteiger partial charge in [0.15, 0.2) is 0 Å². The Labute approximate surface area is 105 Å². The van der Waals surface area contributed by atoms with Crippen molar-refractivity contribution in [2.24, 2.45) is 0 Å². The molecule has 0 spiro atoms. The standard InChI is InChI=1S/C13H25N3O/c1-15-12-4-6-13(7-5-12)16(9-3-8-14)10-11-17-2/h12-13,15H,3-7,9-11H2,1-2H3. The van der Waals surface area contributed by atoms with E-state index in [2.05, 4.69) is 16.3 Å².